The van der Waals surface area contributed by atoms with E-state index in [1.807, 2.05) is 61.2 Å². The summed E-state index contributed by atoms with van der Waals surface area (Å²) in [7, 11) is 1.59. The number of anilines is 1. The van der Waals surface area contributed by atoms with Gasteiger partial charge in [0.1, 0.15) is 12.4 Å². The van der Waals surface area contributed by atoms with Crippen molar-refractivity contribution in [3.05, 3.63) is 76.1 Å². The molecule has 0 saturated carbocycles. The molecule has 1 amide bonds. The maximum Gasteiger partial charge on any atom is 0.246 e. The molecule has 3 aromatic rings. The average Bonchev–Trinajstić information content (AvgIpc) is 3.18. The first kappa shape index (κ1) is 23.7. The molecule has 1 fully saturated rings. The molecule has 0 atom stereocenters. The number of hydrogen-bond donors (Lipinski definition) is 0. The van der Waals surface area contributed by atoms with E-state index in [4.69, 9.17) is 25.6 Å². The van der Waals surface area contributed by atoms with Gasteiger partial charge in [-0.2, -0.15) is 0 Å². The van der Waals surface area contributed by atoms with Crippen molar-refractivity contribution in [2.45, 2.75) is 20.5 Å². The summed E-state index contributed by atoms with van der Waals surface area (Å²) < 4.78 is 16.6. The quantitative estimate of drug-likeness (QED) is 0.447. The summed E-state index contributed by atoms with van der Waals surface area (Å²) in [6.07, 6.45) is 3.40. The second-order valence-corrected chi connectivity index (χ2v) is 8.51. The van der Waals surface area contributed by atoms with E-state index in [-0.39, 0.29) is 5.91 Å². The van der Waals surface area contributed by atoms with E-state index < -0.39 is 0 Å². The van der Waals surface area contributed by atoms with E-state index in [0.29, 0.717) is 31.2 Å². The summed E-state index contributed by atoms with van der Waals surface area (Å²) in [4.78, 5) is 16.8. The Kier molecular flexibility index (Phi) is 7.43. The highest BCUT2D eigenvalue weighted by atomic mass is 35.5. The molecule has 4 rings (SSSR count). The molecule has 178 valence electrons. The highest BCUT2D eigenvalue weighted by Crippen LogP contribution is 2.30. The van der Waals surface area contributed by atoms with Crippen molar-refractivity contribution in [1.29, 1.82) is 0 Å². The van der Waals surface area contributed by atoms with Crippen molar-refractivity contribution in [2.24, 2.45) is 0 Å². The number of halogens is 1. The number of aryl methyl sites for hydroxylation is 2. The van der Waals surface area contributed by atoms with Crippen LogP contribution < -0.4 is 14.4 Å². The molecule has 1 aliphatic heterocycles. The standard InChI is InChI=1S/C26H28ClN3O4/c1-18-21(19(2)34-28-18)17-33-24-10-8-20(16-25(24)32-3)9-11-26(31)30-14-12-29(13-15-30)23-7-5-4-6-22(23)27/h4-11,16H,12-15,17H2,1-3H3/b11-9+. The first-order valence-corrected chi connectivity index (χ1v) is 11.5. The zero-order valence-corrected chi connectivity index (χ0v) is 20.3. The molecule has 0 unspecified atom stereocenters. The highest BCUT2D eigenvalue weighted by molar-refractivity contribution is 6.33. The Bertz CT molecular complexity index is 1160. The van der Waals surface area contributed by atoms with E-state index in [2.05, 4.69) is 10.1 Å². The molecule has 1 saturated heterocycles. The summed E-state index contributed by atoms with van der Waals surface area (Å²) >= 11 is 6.31. The number of rotatable bonds is 7. The third-order valence-corrected chi connectivity index (χ3v) is 6.26. The highest BCUT2D eigenvalue weighted by Gasteiger charge is 2.21. The van der Waals surface area contributed by atoms with Crippen LogP contribution in [-0.2, 0) is 11.4 Å². The smallest absolute Gasteiger partial charge is 0.246 e. The fourth-order valence-electron chi connectivity index (χ4n) is 3.91. The van der Waals surface area contributed by atoms with Gasteiger partial charge in [-0.05, 0) is 49.8 Å². The summed E-state index contributed by atoms with van der Waals surface area (Å²) in [5.41, 5.74) is 3.59. The predicted molar refractivity (Wildman–Crippen MR) is 133 cm³/mol. The van der Waals surface area contributed by atoms with E-state index in [0.717, 1.165) is 46.4 Å². The molecular weight excluding hydrogens is 454 g/mol. The number of carbonyl (C=O) groups excluding carboxylic acids is 1. The number of piperazine rings is 1. The Hall–Kier alpha value is -3.45. The average molecular weight is 482 g/mol. The number of aromatic nitrogens is 1. The van der Waals surface area contributed by atoms with Crippen LogP contribution in [0.25, 0.3) is 6.08 Å². The Labute approximate surface area is 204 Å². The van der Waals surface area contributed by atoms with Crippen LogP contribution in [0.4, 0.5) is 5.69 Å². The molecule has 2 aromatic carbocycles. The maximum atomic E-state index is 12.7. The predicted octanol–water partition coefficient (Wildman–Crippen LogP) is 4.89. The molecule has 34 heavy (non-hydrogen) atoms. The van der Waals surface area contributed by atoms with Gasteiger partial charge in [-0.25, -0.2) is 0 Å². The van der Waals surface area contributed by atoms with E-state index in [1.165, 1.54) is 0 Å². The van der Waals surface area contributed by atoms with E-state index in [9.17, 15) is 4.79 Å². The van der Waals surface area contributed by atoms with Crippen LogP contribution >= 0.6 is 11.6 Å². The fourth-order valence-corrected chi connectivity index (χ4v) is 4.17. The van der Waals surface area contributed by atoms with Gasteiger partial charge in [0.2, 0.25) is 5.91 Å². The Morgan fingerprint density at radius 3 is 2.56 bits per heavy atom. The third-order valence-electron chi connectivity index (χ3n) is 5.94. The van der Waals surface area contributed by atoms with Gasteiger partial charge in [0, 0.05) is 32.3 Å². The topological polar surface area (TPSA) is 68.0 Å². The molecule has 0 spiro atoms. The zero-order valence-electron chi connectivity index (χ0n) is 19.6. The van der Waals surface area contributed by atoms with Gasteiger partial charge >= 0.3 is 0 Å². The van der Waals surface area contributed by atoms with Gasteiger partial charge in [-0.15, -0.1) is 0 Å². The van der Waals surface area contributed by atoms with Crippen LogP contribution in [0, 0.1) is 13.8 Å². The van der Waals surface area contributed by atoms with Gasteiger partial charge in [0.25, 0.3) is 0 Å². The van der Waals surface area contributed by atoms with Crippen molar-refractivity contribution in [3.8, 4) is 11.5 Å². The minimum absolute atomic E-state index is 0.0171. The lowest BCUT2D eigenvalue weighted by molar-refractivity contribution is -0.126. The van der Waals surface area contributed by atoms with Crippen molar-refractivity contribution in [2.75, 3.05) is 38.2 Å². The number of ether oxygens (including phenoxy) is 2. The van der Waals surface area contributed by atoms with Crippen molar-refractivity contribution >= 4 is 29.3 Å². The number of para-hydroxylation sites is 1. The Morgan fingerprint density at radius 1 is 1.12 bits per heavy atom. The van der Waals surface area contributed by atoms with Crippen LogP contribution in [0.5, 0.6) is 11.5 Å². The molecule has 1 aromatic heterocycles. The molecule has 0 N–H and O–H groups in total. The molecular formula is C26H28ClN3O4. The SMILES string of the molecule is COc1cc(/C=C/C(=O)N2CCN(c3ccccc3Cl)CC2)ccc1OCc1c(C)noc1C. The Morgan fingerprint density at radius 2 is 1.88 bits per heavy atom. The van der Waals surface area contributed by atoms with Gasteiger partial charge in [0.05, 0.1) is 29.1 Å². The Balaban J connectivity index is 1.35. The van der Waals surface area contributed by atoms with Crippen molar-refractivity contribution in [3.63, 3.8) is 0 Å². The number of amides is 1. The van der Waals surface area contributed by atoms with Crippen LogP contribution in [0.3, 0.4) is 0 Å². The largest absolute Gasteiger partial charge is 0.493 e. The second-order valence-electron chi connectivity index (χ2n) is 8.10. The van der Waals surface area contributed by atoms with Crippen LogP contribution in [-0.4, -0.2) is 49.3 Å². The van der Waals surface area contributed by atoms with Gasteiger partial charge < -0.3 is 23.8 Å². The monoisotopic (exact) mass is 481 g/mol. The number of hydrogen-bond acceptors (Lipinski definition) is 6. The third kappa shape index (κ3) is 5.37. The summed E-state index contributed by atoms with van der Waals surface area (Å²) in [5, 5.41) is 4.68. The minimum Gasteiger partial charge on any atom is -0.493 e. The maximum absolute atomic E-state index is 12.7. The van der Waals surface area contributed by atoms with E-state index >= 15 is 0 Å². The first-order valence-electron chi connectivity index (χ1n) is 11.2. The molecule has 8 heteroatoms. The summed E-state index contributed by atoms with van der Waals surface area (Å²) in [6.45, 7) is 6.86. The lowest BCUT2D eigenvalue weighted by Crippen LogP contribution is -2.48. The number of benzene rings is 2. The number of carbonyl (C=O) groups is 1. The number of methoxy groups -OCH3 is 1. The molecule has 0 bridgehead atoms. The summed E-state index contributed by atoms with van der Waals surface area (Å²) in [6, 6.07) is 13.4. The minimum atomic E-state index is -0.0171. The van der Waals surface area contributed by atoms with Gasteiger partial charge in [-0.3, -0.25) is 4.79 Å². The summed E-state index contributed by atoms with van der Waals surface area (Å²) in [5.74, 6) is 1.93. The number of nitrogens with zero attached hydrogens (tertiary/aromatic N) is 3. The lowest BCUT2D eigenvalue weighted by Gasteiger charge is -2.36. The van der Waals surface area contributed by atoms with Crippen LogP contribution in [0.2, 0.25) is 5.02 Å². The lowest BCUT2D eigenvalue weighted by atomic mass is 10.1. The van der Waals surface area contributed by atoms with Crippen molar-refractivity contribution < 1.29 is 18.8 Å². The molecule has 2 heterocycles. The molecule has 0 radical (unpaired) electrons. The molecule has 7 nitrogen and oxygen atoms in total. The van der Waals surface area contributed by atoms with Crippen LogP contribution in [0.15, 0.2) is 53.1 Å². The first-order chi connectivity index (χ1) is 16.5. The second kappa shape index (κ2) is 10.7. The molecule has 1 aliphatic rings. The van der Waals surface area contributed by atoms with Gasteiger partial charge in [-0.1, -0.05) is 35.0 Å². The van der Waals surface area contributed by atoms with Gasteiger partial charge in [0.15, 0.2) is 11.5 Å². The van der Waals surface area contributed by atoms with E-state index in [1.54, 1.807) is 19.3 Å². The normalized spacial score (nSPS) is 14.0. The zero-order chi connectivity index (χ0) is 24.1. The van der Waals surface area contributed by atoms with Crippen LogP contribution in [0.1, 0.15) is 22.6 Å². The van der Waals surface area contributed by atoms with Crippen molar-refractivity contribution in [1.82, 2.24) is 10.1 Å². The molecule has 0 aliphatic carbocycles. The fraction of sp³-hybridized carbons (Fsp3) is 0.308.